The second kappa shape index (κ2) is 11.3. The van der Waals surface area contributed by atoms with Gasteiger partial charge in [-0.05, 0) is 30.2 Å². The van der Waals surface area contributed by atoms with E-state index in [1.54, 1.807) is 0 Å². The molecule has 6 atom stereocenters. The van der Waals surface area contributed by atoms with Gasteiger partial charge in [0.05, 0.1) is 37.4 Å². The van der Waals surface area contributed by atoms with Crippen molar-refractivity contribution in [2.24, 2.45) is 0 Å². The lowest BCUT2D eigenvalue weighted by atomic mass is 9.86. The molecule has 16 heteroatoms. The molecule has 0 bridgehead atoms. The summed E-state index contributed by atoms with van der Waals surface area (Å²) in [7, 11) is 0. The Hall–Kier alpha value is -3.57. The Morgan fingerprint density at radius 1 is 1.14 bits per heavy atom. The molecule has 2 saturated heterocycles. The zero-order valence-corrected chi connectivity index (χ0v) is 21.4. The fourth-order valence-corrected chi connectivity index (χ4v) is 5.23. The lowest BCUT2D eigenvalue weighted by Gasteiger charge is -2.49. The van der Waals surface area contributed by atoms with Gasteiger partial charge in [-0.2, -0.15) is 13.2 Å². The number of alkyl halides is 3. The van der Waals surface area contributed by atoms with Crippen LogP contribution in [0.2, 0.25) is 0 Å². The fraction of sp³-hybridized carbons (Fsp3) is 0.423. The highest BCUT2D eigenvalue weighted by molar-refractivity contribution is 5.79. The van der Waals surface area contributed by atoms with E-state index in [1.165, 1.54) is 12.1 Å². The second-order valence-corrected chi connectivity index (χ2v) is 9.96. The van der Waals surface area contributed by atoms with Gasteiger partial charge in [-0.25, -0.2) is 17.9 Å². The molecule has 0 aliphatic carbocycles. The third-order valence-electron chi connectivity index (χ3n) is 7.25. The second-order valence-electron chi connectivity index (χ2n) is 9.96. The molecular weight excluding hydrogens is 578 g/mol. The number of amides is 1. The molecule has 5 rings (SSSR count). The van der Waals surface area contributed by atoms with Gasteiger partial charge in [0.2, 0.25) is 11.7 Å². The summed E-state index contributed by atoms with van der Waals surface area (Å²) in [5, 5.41) is 42.5. The minimum atomic E-state index is -4.61. The van der Waals surface area contributed by atoms with E-state index in [2.05, 4.69) is 15.6 Å². The largest absolute Gasteiger partial charge is 0.416 e. The van der Waals surface area contributed by atoms with E-state index in [0.29, 0.717) is 12.1 Å². The van der Waals surface area contributed by atoms with E-state index in [9.17, 15) is 46.5 Å². The molecule has 2 aliphatic heterocycles. The highest BCUT2D eigenvalue weighted by atomic mass is 19.4. The maximum atomic E-state index is 13.8. The number of rotatable bonds is 6. The number of aromatic nitrogens is 3. The molecule has 3 aromatic rings. The van der Waals surface area contributed by atoms with Crippen LogP contribution in [0.25, 0.3) is 11.3 Å². The predicted octanol–water partition coefficient (Wildman–Crippen LogP) is 1.88. The summed E-state index contributed by atoms with van der Waals surface area (Å²) in [6.07, 6.45) is -8.64. The minimum Gasteiger partial charge on any atom is -0.394 e. The summed E-state index contributed by atoms with van der Waals surface area (Å²) in [6.45, 7) is -0.820. The zero-order chi connectivity index (χ0) is 30.4. The number of hydrogen-bond donors (Lipinski definition) is 4. The van der Waals surface area contributed by atoms with Crippen molar-refractivity contribution < 1.29 is 55.9 Å². The number of carbonyl (C=O) groups is 1. The van der Waals surface area contributed by atoms with Gasteiger partial charge in [-0.1, -0.05) is 23.4 Å². The Morgan fingerprint density at radius 2 is 1.86 bits per heavy atom. The van der Waals surface area contributed by atoms with Crippen LogP contribution in [0.4, 0.5) is 26.3 Å². The van der Waals surface area contributed by atoms with E-state index in [1.807, 2.05) is 0 Å². The molecule has 1 aromatic heterocycles. The lowest BCUT2D eigenvalue weighted by Crippen LogP contribution is -2.69. The van der Waals surface area contributed by atoms with E-state index in [4.69, 9.17) is 9.47 Å². The van der Waals surface area contributed by atoms with Gasteiger partial charge < -0.3 is 30.1 Å². The van der Waals surface area contributed by atoms with E-state index in [0.717, 1.165) is 23.0 Å². The molecule has 1 spiro atoms. The van der Waals surface area contributed by atoms with Crippen molar-refractivity contribution in [1.29, 1.82) is 0 Å². The van der Waals surface area contributed by atoms with Gasteiger partial charge in [0.15, 0.2) is 17.5 Å². The summed E-state index contributed by atoms with van der Waals surface area (Å²) in [5.74, 6) is -7.40. The van der Waals surface area contributed by atoms with Crippen LogP contribution in [0.1, 0.15) is 23.6 Å². The van der Waals surface area contributed by atoms with E-state index >= 15 is 0 Å². The Balaban J connectivity index is 1.40. The fourth-order valence-electron chi connectivity index (χ4n) is 5.23. The molecule has 2 fully saturated rings. The van der Waals surface area contributed by atoms with Crippen molar-refractivity contribution >= 4 is 5.91 Å². The highest BCUT2D eigenvalue weighted by Gasteiger charge is 2.62. The molecule has 2 aromatic carbocycles. The van der Waals surface area contributed by atoms with Crippen LogP contribution in [0.3, 0.4) is 0 Å². The number of nitrogens with one attached hydrogen (secondary N) is 1. The van der Waals surface area contributed by atoms with Crippen LogP contribution < -0.4 is 5.32 Å². The number of carbonyl (C=O) groups excluding carboxylic acids is 1. The predicted molar refractivity (Wildman–Crippen MR) is 129 cm³/mol. The molecule has 0 unspecified atom stereocenters. The first-order valence-electron chi connectivity index (χ1n) is 12.6. The van der Waals surface area contributed by atoms with Crippen LogP contribution in [-0.4, -0.2) is 79.6 Å². The molecule has 4 N–H and O–H groups in total. The average Bonchev–Trinajstić information content (AvgIpc) is 3.57. The van der Waals surface area contributed by atoms with Gasteiger partial charge in [0.25, 0.3) is 0 Å². The van der Waals surface area contributed by atoms with Crippen LogP contribution in [0, 0.1) is 17.5 Å². The first-order chi connectivity index (χ1) is 19.8. The summed E-state index contributed by atoms with van der Waals surface area (Å²) in [5.41, 5.74) is -1.20. The molecule has 1 amide bonds. The van der Waals surface area contributed by atoms with Gasteiger partial charge in [-0.3, -0.25) is 4.79 Å². The number of aliphatic hydroxyl groups is 3. The smallest absolute Gasteiger partial charge is 0.394 e. The van der Waals surface area contributed by atoms with Crippen molar-refractivity contribution in [1.82, 2.24) is 20.3 Å². The first-order valence-corrected chi connectivity index (χ1v) is 12.6. The number of aliphatic hydroxyl groups excluding tert-OH is 3. The molecule has 10 nitrogen and oxygen atoms in total. The Bertz CT molecular complexity index is 1450. The maximum absolute atomic E-state index is 13.8. The molecular formula is C26H24F6N4O6. The summed E-state index contributed by atoms with van der Waals surface area (Å²) < 4.78 is 92.7. The van der Waals surface area contributed by atoms with Gasteiger partial charge in [-0.15, -0.1) is 5.10 Å². The normalized spacial score (nSPS) is 27.9. The van der Waals surface area contributed by atoms with E-state index < -0.39 is 84.3 Å². The summed E-state index contributed by atoms with van der Waals surface area (Å²) in [6, 6.07) is 3.05. The number of halogens is 6. The summed E-state index contributed by atoms with van der Waals surface area (Å²) >= 11 is 0. The van der Waals surface area contributed by atoms with Crippen LogP contribution in [0.15, 0.2) is 42.6 Å². The van der Waals surface area contributed by atoms with Crippen LogP contribution in [0.5, 0.6) is 0 Å². The number of ether oxygens (including phenoxy) is 2. The van der Waals surface area contributed by atoms with Crippen LogP contribution in [-0.2, 0) is 26.9 Å². The van der Waals surface area contributed by atoms with Gasteiger partial charge >= 0.3 is 6.18 Å². The van der Waals surface area contributed by atoms with Crippen molar-refractivity contribution in [3.05, 3.63) is 71.2 Å². The van der Waals surface area contributed by atoms with Gasteiger partial charge in [0.1, 0.15) is 30.0 Å². The van der Waals surface area contributed by atoms with Crippen molar-refractivity contribution in [3.63, 3.8) is 0 Å². The minimum absolute atomic E-state index is 0.0523. The topological polar surface area (TPSA) is 139 Å². The number of benzene rings is 2. The zero-order valence-electron chi connectivity index (χ0n) is 21.4. The van der Waals surface area contributed by atoms with Crippen LogP contribution >= 0.6 is 0 Å². The quantitative estimate of drug-likeness (QED) is 0.248. The van der Waals surface area contributed by atoms with E-state index in [-0.39, 0.29) is 29.8 Å². The first kappa shape index (κ1) is 29.9. The monoisotopic (exact) mass is 602 g/mol. The standard InChI is InChI=1S/C26H24F6N4O6/c27-15-8-13(9-16(28)21(15)29)17-10-36(35-34-17)22-23(39)18(11-37)42-25(24(22)40)19(4-5-41-25)33-20(38)7-12-2-1-3-14(6-12)26(30,31)32/h1-3,6,8-10,18-19,22-24,37,39-40H,4-5,7,11H2,(H,33,38)/t18-,19-,22+,23+,24-,25+/m1/s1. The Kier molecular flexibility index (Phi) is 8.02. The third-order valence-corrected chi connectivity index (χ3v) is 7.25. The molecule has 3 heterocycles. The third kappa shape index (κ3) is 5.47. The maximum Gasteiger partial charge on any atom is 0.416 e. The summed E-state index contributed by atoms with van der Waals surface area (Å²) in [4.78, 5) is 12.9. The molecule has 0 radical (unpaired) electrons. The molecule has 226 valence electrons. The van der Waals surface area contributed by atoms with Gasteiger partial charge in [0, 0.05) is 5.56 Å². The lowest BCUT2D eigenvalue weighted by molar-refractivity contribution is -0.345. The number of hydrogen-bond acceptors (Lipinski definition) is 8. The molecule has 42 heavy (non-hydrogen) atoms. The number of nitrogens with zero attached hydrogens (tertiary/aromatic N) is 3. The SMILES string of the molecule is O=C(Cc1cccc(C(F)(F)F)c1)N[C@@H]1CCO[C@]12O[C@H](CO)[C@H](O)[C@H](n1cc(-c3cc(F)c(F)c(F)c3)nn1)[C@H]2O. The molecule has 2 aliphatic rings. The van der Waals surface area contributed by atoms with Crippen molar-refractivity contribution in [3.8, 4) is 11.3 Å². The highest BCUT2D eigenvalue weighted by Crippen LogP contribution is 2.43. The Labute approximate surface area is 233 Å². The average molecular weight is 602 g/mol. The molecule has 0 saturated carbocycles. The van der Waals surface area contributed by atoms with Crippen molar-refractivity contribution in [2.45, 2.75) is 55.2 Å². The van der Waals surface area contributed by atoms with Crippen molar-refractivity contribution in [2.75, 3.05) is 13.2 Å². The Morgan fingerprint density at radius 3 is 2.52 bits per heavy atom.